The molecule has 3 nitrogen and oxygen atoms in total. The summed E-state index contributed by atoms with van der Waals surface area (Å²) in [5, 5.41) is 0. The number of aromatic nitrogens is 2. The summed E-state index contributed by atoms with van der Waals surface area (Å²) in [4.78, 5) is 4.24. The second-order valence-electron chi connectivity index (χ2n) is 4.59. The third-order valence-electron chi connectivity index (χ3n) is 3.21. The summed E-state index contributed by atoms with van der Waals surface area (Å²) in [5.74, 6) is -0.267. The number of nitrogens with zero attached hydrogens (tertiary/aromatic N) is 2. The molecular formula is C15H14FN3. The van der Waals surface area contributed by atoms with Crippen molar-refractivity contribution >= 4 is 5.65 Å². The number of benzene rings is 1. The first-order chi connectivity index (χ1) is 9.16. The second kappa shape index (κ2) is 4.48. The zero-order chi connectivity index (χ0) is 13.4. The van der Waals surface area contributed by atoms with Crippen LogP contribution in [-0.2, 0) is 0 Å². The number of hydrogen-bond acceptors (Lipinski definition) is 2. The summed E-state index contributed by atoms with van der Waals surface area (Å²) < 4.78 is 15.5. The highest BCUT2D eigenvalue weighted by molar-refractivity contribution is 5.67. The van der Waals surface area contributed by atoms with E-state index >= 15 is 0 Å². The third-order valence-corrected chi connectivity index (χ3v) is 3.21. The van der Waals surface area contributed by atoms with Crippen LogP contribution in [0.1, 0.15) is 18.5 Å². The van der Waals surface area contributed by atoms with Crippen LogP contribution in [0, 0.1) is 5.82 Å². The van der Waals surface area contributed by atoms with Crippen LogP contribution < -0.4 is 5.73 Å². The van der Waals surface area contributed by atoms with Crippen molar-refractivity contribution in [3.05, 3.63) is 60.2 Å². The van der Waals surface area contributed by atoms with E-state index in [2.05, 4.69) is 4.98 Å². The Morgan fingerprint density at radius 3 is 2.89 bits per heavy atom. The van der Waals surface area contributed by atoms with Crippen molar-refractivity contribution < 1.29 is 4.39 Å². The Labute approximate surface area is 110 Å². The fourth-order valence-corrected chi connectivity index (χ4v) is 2.31. The molecule has 0 aliphatic rings. The summed E-state index contributed by atoms with van der Waals surface area (Å²) in [6, 6.07) is 10.3. The van der Waals surface area contributed by atoms with Crippen LogP contribution in [-0.4, -0.2) is 9.38 Å². The van der Waals surface area contributed by atoms with Crippen LogP contribution in [0.3, 0.4) is 0 Å². The lowest BCUT2D eigenvalue weighted by atomic mass is 9.99. The van der Waals surface area contributed by atoms with Crippen LogP contribution in [0.2, 0.25) is 0 Å². The monoisotopic (exact) mass is 255 g/mol. The van der Waals surface area contributed by atoms with Gasteiger partial charge in [0.25, 0.3) is 0 Å². The molecule has 0 amide bonds. The number of nitrogens with two attached hydrogens (primary N) is 1. The smallest absolute Gasteiger partial charge is 0.137 e. The zero-order valence-electron chi connectivity index (χ0n) is 10.5. The zero-order valence-corrected chi connectivity index (χ0v) is 10.5. The fraction of sp³-hybridized carbons (Fsp3) is 0.133. The normalized spacial score (nSPS) is 12.8. The minimum atomic E-state index is -0.267. The van der Waals surface area contributed by atoms with Gasteiger partial charge in [-0.2, -0.15) is 0 Å². The van der Waals surface area contributed by atoms with Crippen molar-refractivity contribution in [2.45, 2.75) is 13.0 Å². The summed E-state index contributed by atoms with van der Waals surface area (Å²) in [5.41, 5.74) is 9.42. The molecule has 0 bridgehead atoms. The quantitative estimate of drug-likeness (QED) is 0.764. The van der Waals surface area contributed by atoms with E-state index in [4.69, 9.17) is 5.73 Å². The van der Waals surface area contributed by atoms with Gasteiger partial charge in [0.05, 0.1) is 5.69 Å². The molecule has 0 radical (unpaired) electrons. The van der Waals surface area contributed by atoms with Gasteiger partial charge < -0.3 is 5.73 Å². The Morgan fingerprint density at radius 2 is 2.11 bits per heavy atom. The average Bonchev–Trinajstić information content (AvgIpc) is 2.86. The van der Waals surface area contributed by atoms with Gasteiger partial charge in [-0.25, -0.2) is 9.37 Å². The van der Waals surface area contributed by atoms with Crippen LogP contribution in [0.15, 0.2) is 48.8 Å². The van der Waals surface area contributed by atoms with Crippen molar-refractivity contribution in [1.82, 2.24) is 9.38 Å². The van der Waals surface area contributed by atoms with Crippen LogP contribution in [0.5, 0.6) is 0 Å². The molecule has 1 atom stereocenters. The Kier molecular flexibility index (Phi) is 2.80. The highest BCUT2D eigenvalue weighted by Gasteiger charge is 2.12. The number of fused-ring (bicyclic) bond motifs is 1. The number of imidazole rings is 1. The van der Waals surface area contributed by atoms with E-state index in [1.54, 1.807) is 12.3 Å². The van der Waals surface area contributed by atoms with E-state index < -0.39 is 0 Å². The molecule has 2 heterocycles. The van der Waals surface area contributed by atoms with E-state index in [0.717, 1.165) is 22.5 Å². The largest absolute Gasteiger partial charge is 0.324 e. The van der Waals surface area contributed by atoms with Gasteiger partial charge >= 0.3 is 0 Å². The molecule has 3 rings (SSSR count). The fourth-order valence-electron chi connectivity index (χ4n) is 2.31. The average molecular weight is 255 g/mol. The molecule has 1 unspecified atom stereocenters. The molecule has 2 aromatic heterocycles. The molecule has 0 fully saturated rings. The molecule has 2 N–H and O–H groups in total. The van der Waals surface area contributed by atoms with Gasteiger partial charge in [0, 0.05) is 24.0 Å². The lowest BCUT2D eigenvalue weighted by Gasteiger charge is -2.14. The number of rotatable bonds is 2. The maximum absolute atomic E-state index is 13.6. The minimum absolute atomic E-state index is 0.158. The van der Waals surface area contributed by atoms with Crippen molar-refractivity contribution in [3.63, 3.8) is 0 Å². The number of halogens is 1. The Bertz CT molecular complexity index is 731. The van der Waals surface area contributed by atoms with Crippen molar-refractivity contribution in [3.8, 4) is 11.3 Å². The van der Waals surface area contributed by atoms with Gasteiger partial charge in [-0.3, -0.25) is 4.40 Å². The molecule has 3 aromatic rings. The molecule has 19 heavy (non-hydrogen) atoms. The first kappa shape index (κ1) is 11.9. The molecule has 1 aromatic carbocycles. The molecule has 0 saturated carbocycles. The molecule has 96 valence electrons. The van der Waals surface area contributed by atoms with E-state index in [9.17, 15) is 4.39 Å². The second-order valence-corrected chi connectivity index (χ2v) is 4.59. The number of pyridine rings is 1. The lowest BCUT2D eigenvalue weighted by Crippen LogP contribution is -2.08. The van der Waals surface area contributed by atoms with Crippen molar-refractivity contribution in [2.24, 2.45) is 5.73 Å². The standard InChI is InChI=1S/C15H14FN3/c1-10(17)12-6-5-11(16)9-13(12)14-3-2-4-15-18-7-8-19(14)15/h2-10H,17H2,1H3. The molecule has 0 spiro atoms. The van der Waals surface area contributed by atoms with Gasteiger partial charge in [0.15, 0.2) is 0 Å². The predicted octanol–water partition coefficient (Wildman–Crippen LogP) is 3.16. The molecule has 0 aliphatic heterocycles. The first-order valence-electron chi connectivity index (χ1n) is 6.14. The van der Waals surface area contributed by atoms with E-state index in [0.29, 0.717) is 0 Å². The maximum Gasteiger partial charge on any atom is 0.137 e. The van der Waals surface area contributed by atoms with Crippen LogP contribution in [0.25, 0.3) is 16.9 Å². The minimum Gasteiger partial charge on any atom is -0.324 e. The highest BCUT2D eigenvalue weighted by Crippen LogP contribution is 2.28. The van der Waals surface area contributed by atoms with Crippen molar-refractivity contribution in [1.29, 1.82) is 0 Å². The van der Waals surface area contributed by atoms with E-state index in [-0.39, 0.29) is 11.9 Å². The molecular weight excluding hydrogens is 241 g/mol. The SMILES string of the molecule is CC(N)c1ccc(F)cc1-c1cccc2nccn12. The Morgan fingerprint density at radius 1 is 1.26 bits per heavy atom. The summed E-state index contributed by atoms with van der Waals surface area (Å²) in [6.45, 7) is 1.89. The number of hydrogen-bond donors (Lipinski definition) is 1. The van der Waals surface area contributed by atoms with Gasteiger partial charge in [-0.05, 0) is 36.8 Å². The molecule has 0 saturated heterocycles. The lowest BCUT2D eigenvalue weighted by molar-refractivity contribution is 0.626. The summed E-state index contributed by atoms with van der Waals surface area (Å²) in [6.07, 6.45) is 3.59. The van der Waals surface area contributed by atoms with E-state index in [1.165, 1.54) is 12.1 Å². The Hall–Kier alpha value is -2.20. The highest BCUT2D eigenvalue weighted by atomic mass is 19.1. The summed E-state index contributed by atoms with van der Waals surface area (Å²) >= 11 is 0. The predicted molar refractivity (Wildman–Crippen MR) is 73.2 cm³/mol. The molecule has 4 heteroatoms. The van der Waals surface area contributed by atoms with E-state index in [1.807, 2.05) is 35.7 Å². The van der Waals surface area contributed by atoms with Gasteiger partial charge in [-0.15, -0.1) is 0 Å². The first-order valence-corrected chi connectivity index (χ1v) is 6.14. The van der Waals surface area contributed by atoms with Gasteiger partial charge in [-0.1, -0.05) is 12.1 Å². The summed E-state index contributed by atoms with van der Waals surface area (Å²) in [7, 11) is 0. The van der Waals surface area contributed by atoms with Crippen molar-refractivity contribution in [2.75, 3.05) is 0 Å². The van der Waals surface area contributed by atoms with Crippen LogP contribution >= 0.6 is 0 Å². The van der Waals surface area contributed by atoms with Crippen LogP contribution in [0.4, 0.5) is 4.39 Å². The Balaban J connectivity index is 2.32. The maximum atomic E-state index is 13.6. The topological polar surface area (TPSA) is 43.3 Å². The van der Waals surface area contributed by atoms with Gasteiger partial charge in [0.2, 0.25) is 0 Å². The third kappa shape index (κ3) is 2.00. The van der Waals surface area contributed by atoms with Gasteiger partial charge in [0.1, 0.15) is 11.5 Å². The molecule has 0 aliphatic carbocycles.